The van der Waals surface area contributed by atoms with Crippen LogP contribution in [0.5, 0.6) is 5.75 Å². The van der Waals surface area contributed by atoms with Crippen molar-refractivity contribution in [3.8, 4) is 5.75 Å². The predicted molar refractivity (Wildman–Crippen MR) is 90.0 cm³/mol. The van der Waals surface area contributed by atoms with Crippen molar-refractivity contribution in [3.63, 3.8) is 0 Å². The van der Waals surface area contributed by atoms with Gasteiger partial charge in [-0.05, 0) is 30.3 Å². The number of nitrogens with one attached hydrogen (secondary N) is 1. The summed E-state index contributed by atoms with van der Waals surface area (Å²) in [5.41, 5.74) is 2.16. The highest BCUT2D eigenvalue weighted by molar-refractivity contribution is 9.10. The third kappa shape index (κ3) is 5.67. The summed E-state index contributed by atoms with van der Waals surface area (Å²) < 4.78 is 6.38. The van der Waals surface area contributed by atoms with Gasteiger partial charge in [0.25, 0.3) is 0 Å². The first kappa shape index (κ1) is 19.2. The molecule has 0 aliphatic heterocycles. The van der Waals surface area contributed by atoms with Crippen molar-refractivity contribution in [3.05, 3.63) is 58.3 Å². The van der Waals surface area contributed by atoms with Gasteiger partial charge in [0.2, 0.25) is 0 Å². The van der Waals surface area contributed by atoms with Crippen LogP contribution in [0.15, 0.2) is 47.1 Å². The lowest BCUT2D eigenvalue weighted by atomic mass is 10.2. The van der Waals surface area contributed by atoms with Gasteiger partial charge >= 0.3 is 0 Å². The van der Waals surface area contributed by atoms with Gasteiger partial charge < -0.3 is 10.1 Å². The number of nitrogens with zero attached hydrogens (tertiary/aromatic N) is 1. The minimum absolute atomic E-state index is 0. The molecule has 1 heterocycles. The Bertz CT molecular complexity index is 512. The summed E-state index contributed by atoms with van der Waals surface area (Å²) in [6.45, 7) is 1.50. The number of hydrogen-bond donors (Lipinski definition) is 1. The fraction of sp³-hybridized carbons (Fsp3) is 0.214. The summed E-state index contributed by atoms with van der Waals surface area (Å²) in [4.78, 5) is 4.27. The highest BCUT2D eigenvalue weighted by Crippen LogP contribution is 2.22. The van der Waals surface area contributed by atoms with E-state index in [1.807, 2.05) is 30.3 Å². The van der Waals surface area contributed by atoms with Crippen molar-refractivity contribution in [1.82, 2.24) is 10.3 Å². The van der Waals surface area contributed by atoms with Gasteiger partial charge in [0, 0.05) is 29.3 Å². The standard InChI is InChI=1S/C14H15BrN2O.2ClH/c1-18-14-6-5-12(15)8-11(14)9-16-10-13-4-2-3-7-17-13;;/h2-8,16H,9-10H2,1H3;2*1H. The van der Waals surface area contributed by atoms with Crippen LogP contribution in [-0.2, 0) is 13.1 Å². The Morgan fingerprint density at radius 3 is 2.60 bits per heavy atom. The lowest BCUT2D eigenvalue weighted by Gasteiger charge is -2.10. The molecule has 20 heavy (non-hydrogen) atoms. The molecular formula is C14H17BrCl2N2O. The van der Waals surface area contributed by atoms with Crippen molar-refractivity contribution in [1.29, 1.82) is 0 Å². The molecule has 2 aromatic rings. The predicted octanol–water partition coefficient (Wildman–Crippen LogP) is 3.99. The molecular weight excluding hydrogens is 363 g/mol. The van der Waals surface area contributed by atoms with Gasteiger partial charge in [-0.25, -0.2) is 0 Å². The minimum Gasteiger partial charge on any atom is -0.496 e. The molecule has 1 aromatic carbocycles. The maximum absolute atomic E-state index is 5.33. The zero-order valence-corrected chi connectivity index (χ0v) is 14.2. The summed E-state index contributed by atoms with van der Waals surface area (Å²) in [6, 6.07) is 11.9. The van der Waals surface area contributed by atoms with Gasteiger partial charge in [-0.1, -0.05) is 22.0 Å². The van der Waals surface area contributed by atoms with Gasteiger partial charge in [-0.15, -0.1) is 24.8 Å². The van der Waals surface area contributed by atoms with Gasteiger partial charge in [0.1, 0.15) is 5.75 Å². The molecule has 1 aromatic heterocycles. The van der Waals surface area contributed by atoms with E-state index < -0.39 is 0 Å². The van der Waals surface area contributed by atoms with Crippen molar-refractivity contribution < 1.29 is 4.74 Å². The van der Waals surface area contributed by atoms with Crippen molar-refractivity contribution >= 4 is 40.7 Å². The molecule has 2 rings (SSSR count). The molecule has 0 radical (unpaired) electrons. The summed E-state index contributed by atoms with van der Waals surface area (Å²) in [5, 5.41) is 3.36. The maximum atomic E-state index is 5.33. The third-order valence-electron chi connectivity index (χ3n) is 2.59. The Morgan fingerprint density at radius 2 is 1.95 bits per heavy atom. The number of rotatable bonds is 5. The summed E-state index contributed by atoms with van der Waals surface area (Å²) >= 11 is 3.47. The molecule has 0 aliphatic carbocycles. The fourth-order valence-corrected chi connectivity index (χ4v) is 2.12. The van der Waals surface area contributed by atoms with E-state index >= 15 is 0 Å². The zero-order valence-electron chi connectivity index (χ0n) is 11.0. The van der Waals surface area contributed by atoms with E-state index in [0.29, 0.717) is 0 Å². The highest BCUT2D eigenvalue weighted by atomic mass is 79.9. The lowest BCUT2D eigenvalue weighted by Crippen LogP contribution is -2.14. The van der Waals surface area contributed by atoms with Crippen molar-refractivity contribution in [2.75, 3.05) is 7.11 Å². The second-order valence-corrected chi connectivity index (χ2v) is 4.80. The molecule has 0 saturated heterocycles. The quantitative estimate of drug-likeness (QED) is 0.852. The highest BCUT2D eigenvalue weighted by Gasteiger charge is 2.03. The molecule has 110 valence electrons. The normalized spacial score (nSPS) is 9.30. The van der Waals surface area contributed by atoms with E-state index in [4.69, 9.17) is 4.74 Å². The first-order chi connectivity index (χ1) is 8.79. The average molecular weight is 380 g/mol. The van der Waals surface area contributed by atoms with Crippen LogP contribution in [0, 0.1) is 0 Å². The third-order valence-corrected chi connectivity index (χ3v) is 3.08. The second-order valence-electron chi connectivity index (χ2n) is 3.88. The summed E-state index contributed by atoms with van der Waals surface area (Å²) in [6.07, 6.45) is 1.80. The fourth-order valence-electron chi connectivity index (χ4n) is 1.71. The Labute approximate surface area is 140 Å². The number of pyridine rings is 1. The summed E-state index contributed by atoms with van der Waals surface area (Å²) in [5.74, 6) is 0.895. The van der Waals surface area contributed by atoms with Crippen LogP contribution >= 0.6 is 40.7 Å². The van der Waals surface area contributed by atoms with Crippen LogP contribution in [0.25, 0.3) is 0 Å². The van der Waals surface area contributed by atoms with E-state index in [2.05, 4.69) is 32.3 Å². The zero-order chi connectivity index (χ0) is 12.8. The Hall–Kier alpha value is -0.810. The van der Waals surface area contributed by atoms with Crippen LogP contribution in [0.3, 0.4) is 0 Å². The molecule has 0 aliphatic rings. The SMILES string of the molecule is COc1ccc(Br)cc1CNCc1ccccn1.Cl.Cl. The van der Waals surface area contributed by atoms with Crippen LogP contribution in [-0.4, -0.2) is 12.1 Å². The molecule has 0 unspecified atom stereocenters. The van der Waals surface area contributed by atoms with E-state index in [1.54, 1.807) is 13.3 Å². The molecule has 0 bridgehead atoms. The monoisotopic (exact) mass is 378 g/mol. The Kier molecular flexibility index (Phi) is 9.59. The number of ether oxygens (including phenoxy) is 1. The van der Waals surface area contributed by atoms with Crippen LogP contribution in [0.2, 0.25) is 0 Å². The minimum atomic E-state index is 0. The maximum Gasteiger partial charge on any atom is 0.123 e. The van der Waals surface area contributed by atoms with Crippen LogP contribution < -0.4 is 10.1 Å². The first-order valence-corrected chi connectivity index (χ1v) is 6.52. The van der Waals surface area contributed by atoms with Crippen molar-refractivity contribution in [2.24, 2.45) is 0 Å². The summed E-state index contributed by atoms with van der Waals surface area (Å²) in [7, 11) is 1.69. The second kappa shape index (κ2) is 10.00. The van der Waals surface area contributed by atoms with E-state index in [9.17, 15) is 0 Å². The van der Waals surface area contributed by atoms with Crippen LogP contribution in [0.4, 0.5) is 0 Å². The van der Waals surface area contributed by atoms with Gasteiger partial charge in [0.05, 0.1) is 12.8 Å². The van der Waals surface area contributed by atoms with E-state index in [1.165, 1.54) is 0 Å². The number of halogens is 3. The molecule has 1 N–H and O–H groups in total. The Morgan fingerprint density at radius 1 is 1.15 bits per heavy atom. The largest absolute Gasteiger partial charge is 0.496 e. The Balaban J connectivity index is 0.00000180. The average Bonchev–Trinajstić information content (AvgIpc) is 2.40. The van der Waals surface area contributed by atoms with Gasteiger partial charge in [-0.3, -0.25) is 4.98 Å². The first-order valence-electron chi connectivity index (χ1n) is 5.72. The number of methoxy groups -OCH3 is 1. The lowest BCUT2D eigenvalue weighted by molar-refractivity contribution is 0.407. The molecule has 3 nitrogen and oxygen atoms in total. The molecule has 0 saturated carbocycles. The smallest absolute Gasteiger partial charge is 0.123 e. The van der Waals surface area contributed by atoms with Gasteiger partial charge in [-0.2, -0.15) is 0 Å². The number of aromatic nitrogens is 1. The molecule has 6 heteroatoms. The number of hydrogen-bond acceptors (Lipinski definition) is 3. The molecule has 0 amide bonds. The van der Waals surface area contributed by atoms with E-state index in [0.717, 1.165) is 34.6 Å². The van der Waals surface area contributed by atoms with E-state index in [-0.39, 0.29) is 24.8 Å². The molecule has 0 spiro atoms. The molecule has 0 fully saturated rings. The topological polar surface area (TPSA) is 34.1 Å². The molecule has 0 atom stereocenters. The van der Waals surface area contributed by atoms with Gasteiger partial charge in [0.15, 0.2) is 0 Å². The van der Waals surface area contributed by atoms with Crippen LogP contribution in [0.1, 0.15) is 11.3 Å². The van der Waals surface area contributed by atoms with Crippen molar-refractivity contribution in [2.45, 2.75) is 13.1 Å². The number of benzene rings is 1.